The van der Waals surface area contributed by atoms with E-state index in [-0.39, 0.29) is 5.97 Å². The molecule has 0 spiro atoms. The molecule has 32 heavy (non-hydrogen) atoms. The number of pyridine rings is 1. The molecule has 0 radical (unpaired) electrons. The highest BCUT2D eigenvalue weighted by Crippen LogP contribution is 2.32. The summed E-state index contributed by atoms with van der Waals surface area (Å²) in [6.45, 7) is 7.43. The molecule has 0 unspecified atom stereocenters. The van der Waals surface area contributed by atoms with Gasteiger partial charge in [0.25, 0.3) is 0 Å². The van der Waals surface area contributed by atoms with E-state index in [2.05, 4.69) is 17.1 Å². The molecule has 0 saturated heterocycles. The molecule has 2 aromatic rings. The van der Waals surface area contributed by atoms with Gasteiger partial charge in [-0.3, -0.25) is 0 Å². The number of anilines is 1. The van der Waals surface area contributed by atoms with Crippen molar-refractivity contribution >= 4 is 29.6 Å². The molecule has 0 atom stereocenters. The molecule has 6 nitrogen and oxygen atoms in total. The lowest BCUT2D eigenvalue weighted by Crippen LogP contribution is -2.22. The van der Waals surface area contributed by atoms with Crippen molar-refractivity contribution in [2.24, 2.45) is 0 Å². The molecular formula is C25H28N4O2S. The Labute approximate surface area is 194 Å². The zero-order valence-corrected chi connectivity index (χ0v) is 20.2. The van der Waals surface area contributed by atoms with Crippen LogP contribution in [0.2, 0.25) is 0 Å². The normalized spacial score (nSPS) is 11.1. The molecule has 0 N–H and O–H groups in total. The number of hydrogen-bond donors (Lipinski definition) is 0. The average Bonchev–Trinajstić information content (AvgIpc) is 2.74. The molecule has 0 aliphatic rings. The van der Waals surface area contributed by atoms with Gasteiger partial charge in [0.1, 0.15) is 28.6 Å². The van der Waals surface area contributed by atoms with Gasteiger partial charge in [0.15, 0.2) is 0 Å². The van der Waals surface area contributed by atoms with Gasteiger partial charge in [0, 0.05) is 25.9 Å². The van der Waals surface area contributed by atoms with Gasteiger partial charge in [-0.15, -0.1) is 11.8 Å². The maximum Gasteiger partial charge on any atom is 0.331 e. The van der Waals surface area contributed by atoms with Gasteiger partial charge < -0.3 is 9.64 Å². The van der Waals surface area contributed by atoms with E-state index in [1.54, 1.807) is 11.0 Å². The zero-order chi connectivity index (χ0) is 23.9. The van der Waals surface area contributed by atoms with Crippen molar-refractivity contribution in [2.45, 2.75) is 50.5 Å². The average molecular weight is 449 g/mol. The van der Waals surface area contributed by atoms with Crippen LogP contribution in [0.5, 0.6) is 0 Å². The maximum atomic E-state index is 11.8. The quantitative estimate of drug-likeness (QED) is 0.331. The van der Waals surface area contributed by atoms with E-state index in [1.807, 2.05) is 66.1 Å². The second-order valence-electron chi connectivity index (χ2n) is 8.34. The Bertz CT molecular complexity index is 1090. The van der Waals surface area contributed by atoms with Gasteiger partial charge in [-0.05, 0) is 50.0 Å². The second-order valence-corrected chi connectivity index (χ2v) is 9.30. The Morgan fingerprint density at radius 1 is 1.16 bits per heavy atom. The highest BCUT2D eigenvalue weighted by molar-refractivity contribution is 7.98. The van der Waals surface area contributed by atoms with Crippen molar-refractivity contribution in [3.63, 3.8) is 0 Å². The fourth-order valence-electron chi connectivity index (χ4n) is 2.99. The van der Waals surface area contributed by atoms with Gasteiger partial charge in [-0.2, -0.15) is 10.5 Å². The number of ether oxygens (including phenoxy) is 1. The van der Waals surface area contributed by atoms with Crippen LogP contribution in [-0.4, -0.2) is 30.6 Å². The van der Waals surface area contributed by atoms with E-state index in [1.165, 1.54) is 17.8 Å². The third-order valence-corrected chi connectivity index (χ3v) is 5.47. The monoisotopic (exact) mass is 448 g/mol. The number of nitrogens with zero attached hydrogens (tertiary/aromatic N) is 4. The van der Waals surface area contributed by atoms with Gasteiger partial charge in [0.2, 0.25) is 0 Å². The number of carbonyl (C=O) groups is 1. The topological polar surface area (TPSA) is 90.0 Å². The minimum absolute atomic E-state index is 0.378. The number of aromatic nitrogens is 1. The van der Waals surface area contributed by atoms with E-state index in [0.29, 0.717) is 34.1 Å². The first-order valence-electron chi connectivity index (χ1n) is 10.3. The Balaban J connectivity index is 2.19. The fourth-order valence-corrected chi connectivity index (χ4v) is 3.95. The Hall–Kier alpha value is -3.29. The Morgan fingerprint density at radius 2 is 1.78 bits per heavy atom. The van der Waals surface area contributed by atoms with Crippen LogP contribution in [0.1, 0.15) is 55.5 Å². The summed E-state index contributed by atoms with van der Waals surface area (Å²) < 4.78 is 5.27. The van der Waals surface area contributed by atoms with Crippen molar-refractivity contribution in [3.8, 4) is 12.1 Å². The number of hydrogen-bond acceptors (Lipinski definition) is 7. The van der Waals surface area contributed by atoms with Gasteiger partial charge in [0.05, 0.1) is 11.1 Å². The molecule has 2 rings (SSSR count). The lowest BCUT2D eigenvalue weighted by Gasteiger charge is -2.18. The third kappa shape index (κ3) is 6.60. The molecule has 1 aromatic heterocycles. The van der Waals surface area contributed by atoms with E-state index in [9.17, 15) is 15.3 Å². The van der Waals surface area contributed by atoms with E-state index in [4.69, 9.17) is 4.74 Å². The van der Waals surface area contributed by atoms with Gasteiger partial charge in [-0.25, -0.2) is 9.78 Å². The first kappa shape index (κ1) is 25.0. The minimum atomic E-state index is -0.519. The number of carbonyl (C=O) groups excluding carboxylic acids is 1. The number of thioether (sulfide) groups is 1. The summed E-state index contributed by atoms with van der Waals surface area (Å²) in [4.78, 5) is 18.2. The molecule has 1 aromatic carbocycles. The highest BCUT2D eigenvalue weighted by Gasteiger charge is 2.20. The molecule has 0 amide bonds. The summed E-state index contributed by atoms with van der Waals surface area (Å²) in [7, 11) is 3.68. The van der Waals surface area contributed by atoms with Crippen LogP contribution in [0.25, 0.3) is 6.08 Å². The molecular weight excluding hydrogens is 420 g/mol. The third-order valence-electron chi connectivity index (χ3n) is 4.42. The lowest BCUT2D eigenvalue weighted by molar-refractivity contribution is -0.148. The molecule has 166 valence electrons. The van der Waals surface area contributed by atoms with E-state index in [0.717, 1.165) is 16.7 Å². The van der Waals surface area contributed by atoms with E-state index < -0.39 is 5.60 Å². The first-order valence-corrected chi connectivity index (χ1v) is 11.2. The van der Waals surface area contributed by atoms with Crippen molar-refractivity contribution < 1.29 is 9.53 Å². The SMILES string of the molecule is CCc1c(C#N)c(SCc2ccc(/C=C/C(=O)OC(C)(C)C)cc2)nc(N(C)C)c1C#N. The summed E-state index contributed by atoms with van der Waals surface area (Å²) in [5.74, 6) is 0.824. The summed E-state index contributed by atoms with van der Waals surface area (Å²) in [5, 5.41) is 19.9. The summed E-state index contributed by atoms with van der Waals surface area (Å²) in [6.07, 6.45) is 3.73. The first-order chi connectivity index (χ1) is 15.1. The summed E-state index contributed by atoms with van der Waals surface area (Å²) >= 11 is 1.47. The fraction of sp³-hybridized carbons (Fsp3) is 0.360. The van der Waals surface area contributed by atoms with Crippen molar-refractivity contribution in [2.75, 3.05) is 19.0 Å². The lowest BCUT2D eigenvalue weighted by atomic mass is 10.0. The number of nitriles is 2. The molecule has 1 heterocycles. The molecule has 0 bridgehead atoms. The Morgan fingerprint density at radius 3 is 2.28 bits per heavy atom. The second kappa shape index (κ2) is 10.8. The maximum absolute atomic E-state index is 11.8. The van der Waals surface area contributed by atoms with Crippen LogP contribution in [0.15, 0.2) is 35.4 Å². The predicted octanol–water partition coefficient (Wildman–Crippen LogP) is 5.10. The van der Waals surface area contributed by atoms with Gasteiger partial charge in [-0.1, -0.05) is 31.2 Å². The van der Waals surface area contributed by atoms with Crippen LogP contribution >= 0.6 is 11.8 Å². The van der Waals surface area contributed by atoms with E-state index >= 15 is 0 Å². The van der Waals surface area contributed by atoms with Crippen LogP contribution in [0.3, 0.4) is 0 Å². The van der Waals surface area contributed by atoms with Crippen LogP contribution < -0.4 is 4.90 Å². The van der Waals surface area contributed by atoms with Crippen LogP contribution in [0.4, 0.5) is 5.82 Å². The highest BCUT2D eigenvalue weighted by atomic mass is 32.2. The number of rotatable bonds is 7. The summed E-state index contributed by atoms with van der Waals surface area (Å²) in [6, 6.07) is 12.3. The largest absolute Gasteiger partial charge is 0.457 e. The van der Waals surface area contributed by atoms with Gasteiger partial charge >= 0.3 is 5.97 Å². The van der Waals surface area contributed by atoms with Crippen molar-refractivity contribution in [1.29, 1.82) is 10.5 Å². The predicted molar refractivity (Wildman–Crippen MR) is 128 cm³/mol. The Kier molecular flexibility index (Phi) is 8.46. The molecule has 0 fully saturated rings. The molecule has 0 aliphatic heterocycles. The molecule has 0 saturated carbocycles. The minimum Gasteiger partial charge on any atom is -0.457 e. The number of benzene rings is 1. The summed E-state index contributed by atoms with van der Waals surface area (Å²) in [5.41, 5.74) is 3.09. The smallest absolute Gasteiger partial charge is 0.331 e. The molecule has 7 heteroatoms. The standard InChI is InChI=1S/C25H28N4O2S/c1-7-19-20(14-26)23(29(5)6)28-24(21(19)15-27)32-16-18-10-8-17(9-11-18)12-13-22(30)31-25(2,3)4/h8-13H,7,16H2,1-6H3/b13-12+. The zero-order valence-electron chi connectivity index (χ0n) is 19.4. The van der Waals surface area contributed by atoms with Crippen LogP contribution in [0, 0.1) is 22.7 Å². The molecule has 0 aliphatic carbocycles. The number of esters is 1. The van der Waals surface area contributed by atoms with Crippen molar-refractivity contribution in [1.82, 2.24) is 4.98 Å². The van der Waals surface area contributed by atoms with Crippen molar-refractivity contribution in [3.05, 3.63) is 58.2 Å². The van der Waals surface area contributed by atoms with Crippen LogP contribution in [-0.2, 0) is 21.7 Å².